The number of ether oxygens (including phenoxy) is 2. The molecule has 0 radical (unpaired) electrons. The maximum absolute atomic E-state index is 15.7. The monoisotopic (exact) mass is 455 g/mol. The molecule has 2 aliphatic heterocycles. The van der Waals surface area contributed by atoms with E-state index in [0.717, 1.165) is 41.0 Å². The Morgan fingerprint density at radius 2 is 1.73 bits per heavy atom. The van der Waals surface area contributed by atoms with Crippen molar-refractivity contribution in [3.63, 3.8) is 0 Å². The van der Waals surface area contributed by atoms with Gasteiger partial charge in [-0.05, 0) is 75.9 Å². The number of benzene rings is 1. The number of halogens is 1. The van der Waals surface area contributed by atoms with E-state index in [1.165, 1.54) is 0 Å². The van der Waals surface area contributed by atoms with Crippen LogP contribution in [0.4, 0.5) is 10.1 Å². The molecule has 1 aromatic carbocycles. The fraction of sp³-hybridized carbons (Fsp3) is 0.538. The molecule has 0 spiro atoms. The van der Waals surface area contributed by atoms with Crippen molar-refractivity contribution in [3.05, 3.63) is 47.0 Å². The third-order valence-electron chi connectivity index (χ3n) is 6.36. The van der Waals surface area contributed by atoms with E-state index in [9.17, 15) is 4.79 Å². The Morgan fingerprint density at radius 1 is 1.09 bits per heavy atom. The van der Waals surface area contributed by atoms with Crippen LogP contribution in [0.15, 0.2) is 24.3 Å². The Bertz CT molecular complexity index is 976. The zero-order chi connectivity index (χ0) is 23.5. The van der Waals surface area contributed by atoms with Crippen LogP contribution in [-0.2, 0) is 20.8 Å². The van der Waals surface area contributed by atoms with E-state index in [1.807, 2.05) is 45.9 Å². The van der Waals surface area contributed by atoms with Gasteiger partial charge in [-0.3, -0.25) is 9.78 Å². The van der Waals surface area contributed by atoms with Crippen LogP contribution in [0.5, 0.6) is 0 Å². The number of amides is 1. The van der Waals surface area contributed by atoms with Crippen LogP contribution in [0.2, 0.25) is 0 Å². The van der Waals surface area contributed by atoms with Crippen LogP contribution in [-0.4, -0.2) is 49.4 Å². The van der Waals surface area contributed by atoms with Gasteiger partial charge in [0.2, 0.25) is 5.91 Å². The fourth-order valence-electron chi connectivity index (χ4n) is 4.95. The number of hydrogen-bond donors (Lipinski definition) is 1. The first-order chi connectivity index (χ1) is 15.8. The molecule has 178 valence electrons. The summed E-state index contributed by atoms with van der Waals surface area (Å²) in [5.41, 5.74) is 4.55. The molecular weight excluding hydrogens is 421 g/mol. The van der Waals surface area contributed by atoms with Crippen molar-refractivity contribution in [2.24, 2.45) is 5.92 Å². The second-order valence-corrected chi connectivity index (χ2v) is 9.37. The highest BCUT2D eigenvalue weighted by atomic mass is 19.1. The first kappa shape index (κ1) is 23.6. The van der Waals surface area contributed by atoms with Crippen LogP contribution in [0.25, 0.3) is 11.1 Å². The van der Waals surface area contributed by atoms with Gasteiger partial charge < -0.3 is 19.7 Å². The lowest BCUT2D eigenvalue weighted by molar-refractivity contribution is -0.128. The van der Waals surface area contributed by atoms with E-state index in [4.69, 9.17) is 9.47 Å². The Balaban J connectivity index is 1.68. The smallest absolute Gasteiger partial charge is 0.223 e. The van der Waals surface area contributed by atoms with Gasteiger partial charge in [0.1, 0.15) is 5.82 Å². The van der Waals surface area contributed by atoms with Crippen LogP contribution in [0.1, 0.15) is 43.6 Å². The van der Waals surface area contributed by atoms with Gasteiger partial charge in [0.05, 0.1) is 12.2 Å². The number of nitrogens with zero attached hydrogens (tertiary/aromatic N) is 2. The molecule has 2 aromatic rings. The third kappa shape index (κ3) is 5.71. The summed E-state index contributed by atoms with van der Waals surface area (Å²) >= 11 is 0. The molecule has 0 aliphatic carbocycles. The molecule has 4 rings (SSSR count). The third-order valence-corrected chi connectivity index (χ3v) is 6.36. The lowest BCUT2D eigenvalue weighted by Gasteiger charge is -2.37. The predicted molar refractivity (Wildman–Crippen MR) is 127 cm³/mol. The maximum atomic E-state index is 15.7. The van der Waals surface area contributed by atoms with Crippen molar-refractivity contribution in [2.75, 3.05) is 31.2 Å². The lowest BCUT2D eigenvalue weighted by Crippen LogP contribution is -2.45. The minimum absolute atomic E-state index is 0.00534. The first-order valence-corrected chi connectivity index (χ1v) is 11.8. The standard InChI is InChI=1S/C26H34FN3O3/c1-16-9-21(10-17(2)29-16)25-22(13-28-26(31)20-5-7-32-8-6-20)11-23(12-24(25)27)30-14-18(3)33-19(4)15-30/h9-12,18-20H,5-8,13-15H2,1-4H3,(H,28,31)/t18-,19+. The van der Waals surface area contributed by atoms with Crippen LogP contribution in [0.3, 0.4) is 0 Å². The van der Waals surface area contributed by atoms with Gasteiger partial charge in [0.25, 0.3) is 0 Å². The Hall–Kier alpha value is -2.51. The maximum Gasteiger partial charge on any atom is 0.223 e. The summed E-state index contributed by atoms with van der Waals surface area (Å²) in [5.74, 6) is -0.341. The second kappa shape index (κ2) is 10.2. The number of aryl methyl sites for hydroxylation is 2. The second-order valence-electron chi connectivity index (χ2n) is 9.37. The Morgan fingerprint density at radius 3 is 2.36 bits per heavy atom. The first-order valence-electron chi connectivity index (χ1n) is 11.8. The van der Waals surface area contributed by atoms with E-state index < -0.39 is 0 Å². The molecule has 1 amide bonds. The van der Waals surface area contributed by atoms with Crippen LogP contribution >= 0.6 is 0 Å². The number of carbonyl (C=O) groups is 1. The number of nitrogens with one attached hydrogen (secondary N) is 1. The fourth-order valence-corrected chi connectivity index (χ4v) is 4.95. The van der Waals surface area contributed by atoms with Crippen molar-refractivity contribution in [1.29, 1.82) is 0 Å². The minimum atomic E-state index is -0.292. The molecule has 2 atom stereocenters. The number of rotatable bonds is 5. The normalized spacial score (nSPS) is 21.8. The Kier molecular flexibility index (Phi) is 7.29. The van der Waals surface area contributed by atoms with E-state index in [-0.39, 0.29) is 36.4 Å². The van der Waals surface area contributed by atoms with Crippen molar-refractivity contribution in [2.45, 2.75) is 59.3 Å². The number of morpholine rings is 1. The van der Waals surface area contributed by atoms with Gasteiger partial charge in [-0.25, -0.2) is 4.39 Å². The summed E-state index contributed by atoms with van der Waals surface area (Å²) in [5, 5.41) is 3.06. The zero-order valence-corrected chi connectivity index (χ0v) is 20.0. The molecule has 1 aromatic heterocycles. The summed E-state index contributed by atoms with van der Waals surface area (Å²) in [6.07, 6.45) is 1.58. The van der Waals surface area contributed by atoms with E-state index in [2.05, 4.69) is 15.2 Å². The van der Waals surface area contributed by atoms with E-state index in [0.29, 0.717) is 31.9 Å². The minimum Gasteiger partial charge on any atom is -0.381 e. The lowest BCUT2D eigenvalue weighted by atomic mass is 9.96. The number of anilines is 1. The highest BCUT2D eigenvalue weighted by molar-refractivity contribution is 5.79. The van der Waals surface area contributed by atoms with Gasteiger partial charge in [0.15, 0.2) is 0 Å². The molecule has 2 saturated heterocycles. The predicted octanol–water partition coefficient (Wildman–Crippen LogP) is 4.16. The average Bonchev–Trinajstić information content (AvgIpc) is 2.76. The molecular formula is C26H34FN3O3. The van der Waals surface area contributed by atoms with Gasteiger partial charge in [-0.1, -0.05) is 0 Å². The topological polar surface area (TPSA) is 63.7 Å². The molecule has 1 N–H and O–H groups in total. The molecule has 2 aliphatic rings. The molecule has 0 unspecified atom stereocenters. The molecule has 6 nitrogen and oxygen atoms in total. The summed E-state index contributed by atoms with van der Waals surface area (Å²) in [6, 6.07) is 7.41. The molecule has 7 heteroatoms. The van der Waals surface area contributed by atoms with Gasteiger partial charge in [0, 0.05) is 61.4 Å². The summed E-state index contributed by atoms with van der Waals surface area (Å²) in [7, 11) is 0. The van der Waals surface area contributed by atoms with Crippen LogP contribution in [0, 0.1) is 25.6 Å². The van der Waals surface area contributed by atoms with Crippen molar-refractivity contribution < 1.29 is 18.7 Å². The van der Waals surface area contributed by atoms with Crippen molar-refractivity contribution in [3.8, 4) is 11.1 Å². The van der Waals surface area contributed by atoms with Gasteiger partial charge in [-0.2, -0.15) is 0 Å². The van der Waals surface area contributed by atoms with Crippen molar-refractivity contribution in [1.82, 2.24) is 10.3 Å². The average molecular weight is 456 g/mol. The number of aromatic nitrogens is 1. The van der Waals surface area contributed by atoms with Gasteiger partial charge >= 0.3 is 0 Å². The van der Waals surface area contributed by atoms with E-state index in [1.54, 1.807) is 6.07 Å². The highest BCUT2D eigenvalue weighted by Gasteiger charge is 2.26. The quantitative estimate of drug-likeness (QED) is 0.734. The van der Waals surface area contributed by atoms with Crippen molar-refractivity contribution >= 4 is 11.6 Å². The Labute approximate surface area is 195 Å². The highest BCUT2D eigenvalue weighted by Crippen LogP contribution is 2.33. The molecule has 0 bridgehead atoms. The zero-order valence-electron chi connectivity index (χ0n) is 20.0. The van der Waals surface area contributed by atoms with Gasteiger partial charge in [-0.15, -0.1) is 0 Å². The SMILES string of the molecule is Cc1cc(-c2c(F)cc(N3C[C@@H](C)O[C@@H](C)C3)cc2CNC(=O)C2CCOCC2)cc(C)n1. The molecule has 2 fully saturated rings. The largest absolute Gasteiger partial charge is 0.381 e. The number of hydrogen-bond acceptors (Lipinski definition) is 5. The summed E-state index contributed by atoms with van der Waals surface area (Å²) in [6.45, 7) is 10.8. The number of pyridine rings is 1. The molecule has 33 heavy (non-hydrogen) atoms. The molecule has 0 saturated carbocycles. The van der Waals surface area contributed by atoms with Crippen LogP contribution < -0.4 is 10.2 Å². The number of carbonyl (C=O) groups excluding carboxylic acids is 1. The summed E-state index contributed by atoms with van der Waals surface area (Å²) < 4.78 is 26.9. The molecule has 3 heterocycles. The summed E-state index contributed by atoms with van der Waals surface area (Å²) in [4.78, 5) is 19.4. The van der Waals surface area contributed by atoms with E-state index >= 15 is 4.39 Å².